The molecule has 1 aliphatic rings. The highest BCUT2D eigenvalue weighted by molar-refractivity contribution is 6.44. The van der Waals surface area contributed by atoms with Crippen molar-refractivity contribution in [1.29, 1.82) is 0 Å². The highest BCUT2D eigenvalue weighted by Crippen LogP contribution is 2.29. The summed E-state index contributed by atoms with van der Waals surface area (Å²) in [5.41, 5.74) is 6.22. The van der Waals surface area contributed by atoms with E-state index in [0.717, 1.165) is 24.2 Å². The average molecular weight is 377 g/mol. The van der Waals surface area contributed by atoms with Crippen LogP contribution in [0, 0.1) is 0 Å². The number of nitrogens with zero attached hydrogens (tertiary/aromatic N) is 3. The van der Waals surface area contributed by atoms with Crippen LogP contribution in [0.5, 0.6) is 0 Å². The zero-order valence-corrected chi connectivity index (χ0v) is 15.1. The van der Waals surface area contributed by atoms with E-state index in [-0.39, 0.29) is 5.56 Å². The number of ether oxygens (including phenoxy) is 1. The number of Topliss-reactive ketones (excluding diaryl/α,β-unsaturated/α-hetero) is 1. The molecule has 3 aromatic rings. The van der Waals surface area contributed by atoms with Gasteiger partial charge in [-0.05, 0) is 23.6 Å². The van der Waals surface area contributed by atoms with Crippen molar-refractivity contribution in [2.75, 3.05) is 36.5 Å². The quantitative estimate of drug-likeness (QED) is 0.516. The van der Waals surface area contributed by atoms with Gasteiger partial charge in [-0.3, -0.25) is 9.59 Å². The van der Waals surface area contributed by atoms with Crippen LogP contribution in [0.2, 0.25) is 0 Å². The summed E-state index contributed by atoms with van der Waals surface area (Å²) in [5, 5.41) is 4.73. The molecule has 2 aromatic carbocycles. The van der Waals surface area contributed by atoms with E-state index in [2.05, 4.69) is 20.2 Å². The lowest BCUT2D eigenvalue weighted by atomic mass is 9.99. The maximum absolute atomic E-state index is 12.1. The minimum Gasteiger partial charge on any atom is -0.378 e. The lowest BCUT2D eigenvalue weighted by Gasteiger charge is -2.26. The van der Waals surface area contributed by atoms with E-state index < -0.39 is 11.7 Å². The summed E-state index contributed by atoms with van der Waals surface area (Å²) in [6, 6.07) is 12.5. The molecule has 8 heteroatoms. The van der Waals surface area contributed by atoms with Gasteiger partial charge < -0.3 is 20.7 Å². The van der Waals surface area contributed by atoms with Crippen LogP contribution in [0.25, 0.3) is 10.8 Å². The van der Waals surface area contributed by atoms with Gasteiger partial charge in [0.2, 0.25) is 5.95 Å². The zero-order valence-electron chi connectivity index (χ0n) is 15.1. The number of aromatic nitrogens is 2. The Labute approximate surface area is 161 Å². The van der Waals surface area contributed by atoms with Crippen molar-refractivity contribution in [1.82, 2.24) is 9.97 Å². The van der Waals surface area contributed by atoms with Crippen LogP contribution in [0.4, 0.5) is 17.5 Å². The van der Waals surface area contributed by atoms with E-state index in [9.17, 15) is 9.59 Å². The summed E-state index contributed by atoms with van der Waals surface area (Å²) in [7, 11) is 0. The molecule has 0 bridgehead atoms. The summed E-state index contributed by atoms with van der Waals surface area (Å²) in [6.07, 6.45) is 1.70. The number of primary amides is 1. The lowest BCUT2D eigenvalue weighted by molar-refractivity contribution is -0.114. The van der Waals surface area contributed by atoms with Gasteiger partial charge in [0.1, 0.15) is 5.82 Å². The molecule has 142 valence electrons. The summed E-state index contributed by atoms with van der Waals surface area (Å²) in [5.74, 6) is -0.412. The molecular formula is C20H19N5O3. The molecule has 0 unspecified atom stereocenters. The Morgan fingerprint density at radius 3 is 2.54 bits per heavy atom. The fraction of sp³-hybridized carbons (Fsp3) is 0.200. The maximum Gasteiger partial charge on any atom is 0.289 e. The Balaban J connectivity index is 1.68. The SMILES string of the molecule is NC(=O)C(=O)c1ccc(Nc2ccnc(N3CCOCC3)n2)c2ccccc12. The van der Waals surface area contributed by atoms with Crippen molar-refractivity contribution >= 4 is 39.9 Å². The fourth-order valence-electron chi connectivity index (χ4n) is 3.21. The molecule has 8 nitrogen and oxygen atoms in total. The number of hydrogen-bond acceptors (Lipinski definition) is 7. The van der Waals surface area contributed by atoms with E-state index in [1.54, 1.807) is 30.5 Å². The molecule has 3 N–H and O–H groups in total. The molecule has 2 heterocycles. The first-order chi connectivity index (χ1) is 13.6. The van der Waals surface area contributed by atoms with Gasteiger partial charge in [0, 0.05) is 35.9 Å². The molecule has 1 amide bonds. The van der Waals surface area contributed by atoms with Crippen LogP contribution in [0.3, 0.4) is 0 Å². The van der Waals surface area contributed by atoms with E-state index in [1.165, 1.54) is 0 Å². The third kappa shape index (κ3) is 3.49. The topological polar surface area (TPSA) is 110 Å². The predicted octanol–water partition coefficient (Wildman–Crippen LogP) is 1.88. The van der Waals surface area contributed by atoms with Crippen molar-refractivity contribution in [3.8, 4) is 0 Å². The number of nitrogens with one attached hydrogen (secondary N) is 1. The molecule has 1 aliphatic heterocycles. The maximum atomic E-state index is 12.1. The first-order valence-corrected chi connectivity index (χ1v) is 8.92. The summed E-state index contributed by atoms with van der Waals surface area (Å²) in [6.45, 7) is 2.80. The molecule has 4 rings (SSSR count). The Morgan fingerprint density at radius 2 is 1.79 bits per heavy atom. The molecule has 0 spiro atoms. The van der Waals surface area contributed by atoms with Gasteiger partial charge >= 0.3 is 0 Å². The Bertz CT molecular complexity index is 1050. The molecule has 0 atom stereocenters. The van der Waals surface area contributed by atoms with Crippen LogP contribution >= 0.6 is 0 Å². The normalized spacial score (nSPS) is 14.1. The molecule has 28 heavy (non-hydrogen) atoms. The van der Waals surface area contributed by atoms with Crippen molar-refractivity contribution in [3.63, 3.8) is 0 Å². The van der Waals surface area contributed by atoms with Crippen molar-refractivity contribution in [2.45, 2.75) is 0 Å². The Hall–Kier alpha value is -3.52. The number of fused-ring (bicyclic) bond motifs is 1. The Kier molecular flexibility index (Phi) is 4.86. The van der Waals surface area contributed by atoms with Gasteiger partial charge in [-0.1, -0.05) is 24.3 Å². The van der Waals surface area contributed by atoms with Crippen molar-refractivity contribution in [3.05, 3.63) is 54.2 Å². The summed E-state index contributed by atoms with van der Waals surface area (Å²) >= 11 is 0. The number of ketones is 1. The highest BCUT2D eigenvalue weighted by atomic mass is 16.5. The lowest BCUT2D eigenvalue weighted by Crippen LogP contribution is -2.37. The molecule has 1 fully saturated rings. The summed E-state index contributed by atoms with van der Waals surface area (Å²) in [4.78, 5) is 34.5. The van der Waals surface area contributed by atoms with Gasteiger partial charge in [-0.25, -0.2) is 4.98 Å². The van der Waals surface area contributed by atoms with Crippen LogP contribution < -0.4 is 16.0 Å². The summed E-state index contributed by atoms with van der Waals surface area (Å²) < 4.78 is 5.37. The van der Waals surface area contributed by atoms with Crippen molar-refractivity contribution < 1.29 is 14.3 Å². The van der Waals surface area contributed by atoms with E-state index in [4.69, 9.17) is 10.5 Å². The number of morpholine rings is 1. The number of anilines is 3. The second kappa shape index (κ2) is 7.61. The first kappa shape index (κ1) is 17.9. The van der Waals surface area contributed by atoms with Crippen LogP contribution in [-0.2, 0) is 9.53 Å². The molecule has 1 aromatic heterocycles. The van der Waals surface area contributed by atoms with Gasteiger partial charge in [0.05, 0.1) is 13.2 Å². The number of amides is 1. The minimum absolute atomic E-state index is 0.283. The number of carbonyl (C=O) groups is 2. The third-order valence-electron chi connectivity index (χ3n) is 4.59. The van der Waals surface area contributed by atoms with Gasteiger partial charge in [-0.2, -0.15) is 4.98 Å². The molecule has 0 radical (unpaired) electrons. The molecule has 0 aliphatic carbocycles. The fourth-order valence-corrected chi connectivity index (χ4v) is 3.21. The van der Waals surface area contributed by atoms with Gasteiger partial charge in [0.25, 0.3) is 11.7 Å². The minimum atomic E-state index is -0.975. The number of rotatable bonds is 5. The largest absolute Gasteiger partial charge is 0.378 e. The predicted molar refractivity (Wildman–Crippen MR) is 106 cm³/mol. The van der Waals surface area contributed by atoms with E-state index >= 15 is 0 Å². The number of carbonyl (C=O) groups excluding carboxylic acids is 2. The molecule has 1 saturated heterocycles. The highest BCUT2D eigenvalue weighted by Gasteiger charge is 2.18. The zero-order chi connectivity index (χ0) is 19.5. The standard InChI is InChI=1S/C20H19N5O3/c21-19(27)18(26)15-5-6-16(14-4-2-1-3-13(14)15)23-17-7-8-22-20(24-17)25-9-11-28-12-10-25/h1-8H,9-12H2,(H2,21,27)(H,22,23,24). The van der Waals surface area contributed by atoms with Crippen LogP contribution in [0.15, 0.2) is 48.7 Å². The first-order valence-electron chi connectivity index (χ1n) is 8.92. The average Bonchev–Trinajstić information content (AvgIpc) is 2.74. The monoisotopic (exact) mass is 377 g/mol. The Morgan fingerprint density at radius 1 is 1.04 bits per heavy atom. The van der Waals surface area contributed by atoms with Crippen LogP contribution in [-0.4, -0.2) is 48.0 Å². The van der Waals surface area contributed by atoms with Gasteiger partial charge in [-0.15, -0.1) is 0 Å². The van der Waals surface area contributed by atoms with E-state index in [0.29, 0.717) is 30.4 Å². The molecule has 0 saturated carbocycles. The third-order valence-corrected chi connectivity index (χ3v) is 4.59. The second-order valence-corrected chi connectivity index (χ2v) is 6.37. The number of hydrogen-bond donors (Lipinski definition) is 2. The van der Waals surface area contributed by atoms with E-state index in [1.807, 2.05) is 18.2 Å². The second-order valence-electron chi connectivity index (χ2n) is 6.37. The molecular weight excluding hydrogens is 358 g/mol. The smallest absolute Gasteiger partial charge is 0.289 e. The number of benzene rings is 2. The number of nitrogens with two attached hydrogens (primary N) is 1. The van der Waals surface area contributed by atoms with Crippen molar-refractivity contribution in [2.24, 2.45) is 5.73 Å². The van der Waals surface area contributed by atoms with Gasteiger partial charge in [0.15, 0.2) is 0 Å². The van der Waals surface area contributed by atoms with Crippen LogP contribution in [0.1, 0.15) is 10.4 Å².